The second kappa shape index (κ2) is 9.06. The van der Waals surface area contributed by atoms with E-state index >= 15 is 0 Å². The van der Waals surface area contributed by atoms with Gasteiger partial charge >= 0.3 is 6.03 Å². The van der Waals surface area contributed by atoms with Crippen molar-refractivity contribution in [1.82, 2.24) is 9.80 Å². The summed E-state index contributed by atoms with van der Waals surface area (Å²) in [6, 6.07) is 19.4. The highest BCUT2D eigenvalue weighted by Gasteiger charge is 2.39. The van der Waals surface area contributed by atoms with E-state index in [-0.39, 0.29) is 11.0 Å². The first-order chi connectivity index (χ1) is 18.1. The number of urea groups is 1. The maximum absolute atomic E-state index is 12.8. The maximum Gasteiger partial charge on any atom is 0.333 e. The number of rotatable bonds is 4. The summed E-state index contributed by atoms with van der Waals surface area (Å²) in [6.45, 7) is 4.43. The van der Waals surface area contributed by atoms with Gasteiger partial charge in [0, 0.05) is 31.1 Å². The molecule has 0 N–H and O–H groups in total. The van der Waals surface area contributed by atoms with Crippen LogP contribution in [0.4, 0.5) is 21.9 Å². The molecule has 3 aromatic rings. The first-order valence-corrected chi connectivity index (χ1v) is 12.2. The van der Waals surface area contributed by atoms with Crippen molar-refractivity contribution >= 4 is 41.0 Å². The fourth-order valence-electron chi connectivity index (χ4n) is 5.25. The van der Waals surface area contributed by atoms with Crippen LogP contribution >= 0.6 is 0 Å². The average molecular weight is 512 g/mol. The number of anilines is 3. The van der Waals surface area contributed by atoms with Crippen molar-refractivity contribution in [3.8, 4) is 11.5 Å². The molecule has 0 radical (unpaired) electrons. The first kappa shape index (κ1) is 25.1. The van der Waals surface area contributed by atoms with E-state index in [9.17, 15) is 14.4 Å². The fraction of sp³-hybridized carbons (Fsp3) is 0.233. The number of methoxy groups -OCH3 is 2. The molecule has 0 unspecified atom stereocenters. The van der Waals surface area contributed by atoms with Crippen LogP contribution < -0.4 is 14.4 Å². The lowest BCUT2D eigenvalue weighted by Crippen LogP contribution is -2.52. The molecule has 1 saturated heterocycles. The number of carbonyl (C=O) groups is 3. The van der Waals surface area contributed by atoms with Crippen molar-refractivity contribution in [3.63, 3.8) is 0 Å². The predicted molar refractivity (Wildman–Crippen MR) is 145 cm³/mol. The minimum atomic E-state index is -0.678. The van der Waals surface area contributed by atoms with Crippen molar-refractivity contribution in [2.45, 2.75) is 19.3 Å². The third-order valence-corrected chi connectivity index (χ3v) is 7.35. The molecule has 0 aromatic heterocycles. The van der Waals surface area contributed by atoms with E-state index in [1.54, 1.807) is 13.2 Å². The van der Waals surface area contributed by atoms with Crippen molar-refractivity contribution in [1.29, 1.82) is 0 Å². The van der Waals surface area contributed by atoms with E-state index < -0.39 is 17.8 Å². The van der Waals surface area contributed by atoms with Crippen molar-refractivity contribution in [2.75, 3.05) is 33.2 Å². The Morgan fingerprint density at radius 1 is 0.711 bits per heavy atom. The number of hydrogen-bond donors (Lipinski definition) is 0. The monoisotopic (exact) mass is 511 g/mol. The molecule has 0 aliphatic carbocycles. The lowest BCUT2D eigenvalue weighted by atomic mass is 9.73. The zero-order chi connectivity index (χ0) is 27.4. The van der Waals surface area contributed by atoms with Gasteiger partial charge in [0.25, 0.3) is 11.8 Å². The number of amides is 4. The molecule has 0 saturated carbocycles. The zero-order valence-electron chi connectivity index (χ0n) is 22.2. The highest BCUT2D eigenvalue weighted by Crippen LogP contribution is 2.54. The highest BCUT2D eigenvalue weighted by atomic mass is 16.5. The van der Waals surface area contributed by atoms with Crippen LogP contribution in [0.5, 0.6) is 11.5 Å². The topological polar surface area (TPSA) is 79.4 Å². The quantitative estimate of drug-likeness (QED) is 0.352. The largest absolute Gasteiger partial charge is 0.496 e. The molecule has 8 nitrogen and oxygen atoms in total. The highest BCUT2D eigenvalue weighted by molar-refractivity contribution is 6.30. The summed E-state index contributed by atoms with van der Waals surface area (Å²) in [5, 5.41) is 0. The lowest BCUT2D eigenvalue weighted by Gasteiger charge is -2.42. The Morgan fingerprint density at radius 2 is 1.21 bits per heavy atom. The number of hydrogen-bond acceptors (Lipinski definition) is 6. The molecule has 2 aliphatic heterocycles. The second-order valence-corrected chi connectivity index (χ2v) is 9.83. The van der Waals surface area contributed by atoms with Crippen LogP contribution in [0, 0.1) is 0 Å². The Bertz CT molecular complexity index is 1450. The zero-order valence-corrected chi connectivity index (χ0v) is 22.2. The number of para-hydroxylation sites is 2. The number of likely N-dealkylation sites (N-methyl/N-ethyl adjacent to an activating group) is 2. The van der Waals surface area contributed by atoms with Crippen molar-refractivity contribution < 1.29 is 23.9 Å². The van der Waals surface area contributed by atoms with Crippen LogP contribution in [-0.2, 0) is 15.0 Å². The van der Waals surface area contributed by atoms with Gasteiger partial charge in [0.2, 0.25) is 0 Å². The SMILES string of the molecule is COc1cc(N2c3ccccc3C(C)(C)c3ccccc32)c(OC)cc1C=C1C(=O)N(C)C(=O)N(C)C1=O. The Kier molecular flexibility index (Phi) is 5.98. The molecule has 5 rings (SSSR count). The average Bonchev–Trinajstić information content (AvgIpc) is 2.93. The molecule has 8 heteroatoms. The molecule has 1 fully saturated rings. The van der Waals surface area contributed by atoms with Crippen LogP contribution in [-0.4, -0.2) is 56.0 Å². The molecule has 38 heavy (non-hydrogen) atoms. The Hall–Kier alpha value is -4.59. The van der Waals surface area contributed by atoms with Gasteiger partial charge in [0.15, 0.2) is 0 Å². The van der Waals surface area contributed by atoms with Gasteiger partial charge < -0.3 is 14.4 Å². The smallest absolute Gasteiger partial charge is 0.333 e. The van der Waals surface area contributed by atoms with E-state index in [2.05, 4.69) is 43.0 Å². The summed E-state index contributed by atoms with van der Waals surface area (Å²) >= 11 is 0. The van der Waals surface area contributed by atoms with Gasteiger partial charge in [0.05, 0.1) is 31.3 Å². The maximum atomic E-state index is 12.8. The lowest BCUT2D eigenvalue weighted by molar-refractivity contribution is -0.134. The van der Waals surface area contributed by atoms with Gasteiger partial charge in [0.1, 0.15) is 17.1 Å². The molecule has 194 valence electrons. The molecule has 2 aliphatic rings. The second-order valence-electron chi connectivity index (χ2n) is 9.83. The normalized spacial score (nSPS) is 16.3. The van der Waals surface area contributed by atoms with E-state index in [4.69, 9.17) is 9.47 Å². The molecule has 0 bridgehead atoms. The molecule has 0 spiro atoms. The fourth-order valence-corrected chi connectivity index (χ4v) is 5.25. The summed E-state index contributed by atoms with van der Waals surface area (Å²) < 4.78 is 11.6. The summed E-state index contributed by atoms with van der Waals surface area (Å²) in [4.78, 5) is 41.8. The van der Waals surface area contributed by atoms with Gasteiger partial charge in [-0.25, -0.2) is 4.79 Å². The molecular formula is C30H29N3O5. The number of carbonyl (C=O) groups excluding carboxylic acids is 3. The van der Waals surface area contributed by atoms with Crippen LogP contribution in [0.2, 0.25) is 0 Å². The van der Waals surface area contributed by atoms with Crippen LogP contribution in [0.25, 0.3) is 6.08 Å². The Morgan fingerprint density at radius 3 is 1.71 bits per heavy atom. The Balaban J connectivity index is 1.72. The van der Waals surface area contributed by atoms with E-state index in [0.29, 0.717) is 17.1 Å². The van der Waals surface area contributed by atoms with E-state index in [1.165, 1.54) is 38.4 Å². The summed E-state index contributed by atoms with van der Waals surface area (Å²) in [7, 11) is 5.79. The molecule has 0 atom stereocenters. The standard InChI is InChI=1S/C30H29N3O5/c1-30(2)20-11-7-9-13-22(20)33(23-14-10-8-12-21(23)30)24-17-25(37-5)18(16-26(24)38-6)15-19-27(34)31(3)29(36)32(4)28(19)35/h7-17H,1-6H3. The van der Waals surface area contributed by atoms with Gasteiger partial charge in [-0.05, 0) is 35.4 Å². The number of nitrogens with zero attached hydrogens (tertiary/aromatic N) is 3. The number of fused-ring (bicyclic) bond motifs is 2. The molecule has 4 amide bonds. The predicted octanol–water partition coefficient (Wildman–Crippen LogP) is 5.25. The number of barbiturate groups is 1. The van der Waals surface area contributed by atoms with Gasteiger partial charge in [-0.3, -0.25) is 19.4 Å². The van der Waals surface area contributed by atoms with Crippen LogP contribution in [0.1, 0.15) is 30.5 Å². The first-order valence-electron chi connectivity index (χ1n) is 12.2. The third kappa shape index (κ3) is 3.63. The summed E-state index contributed by atoms with van der Waals surface area (Å²) in [6.07, 6.45) is 1.44. The number of ether oxygens (including phenoxy) is 2. The van der Waals surface area contributed by atoms with Crippen molar-refractivity contribution in [2.24, 2.45) is 0 Å². The third-order valence-electron chi connectivity index (χ3n) is 7.35. The molecular weight excluding hydrogens is 482 g/mol. The Labute approximate surface area is 221 Å². The van der Waals surface area contributed by atoms with Gasteiger partial charge in [-0.1, -0.05) is 50.2 Å². The minimum Gasteiger partial charge on any atom is -0.496 e. The number of imide groups is 2. The minimum absolute atomic E-state index is 0.141. The van der Waals surface area contributed by atoms with Crippen molar-refractivity contribution in [3.05, 3.63) is 82.9 Å². The van der Waals surface area contributed by atoms with Gasteiger partial charge in [-0.15, -0.1) is 0 Å². The number of benzene rings is 3. The summed E-state index contributed by atoms with van der Waals surface area (Å²) in [5.74, 6) is -0.389. The van der Waals surface area contributed by atoms with Crippen LogP contribution in [0.3, 0.4) is 0 Å². The summed E-state index contributed by atoms with van der Waals surface area (Å²) in [5.41, 5.74) is 5.22. The van der Waals surface area contributed by atoms with E-state index in [0.717, 1.165) is 26.9 Å². The molecule has 2 heterocycles. The van der Waals surface area contributed by atoms with Crippen LogP contribution in [0.15, 0.2) is 66.2 Å². The molecule has 3 aromatic carbocycles. The van der Waals surface area contributed by atoms with Gasteiger partial charge in [-0.2, -0.15) is 0 Å². The van der Waals surface area contributed by atoms with E-state index in [1.807, 2.05) is 30.3 Å².